The van der Waals surface area contributed by atoms with Crippen molar-refractivity contribution < 1.29 is 19.5 Å². The molecule has 1 unspecified atom stereocenters. The Hall–Kier alpha value is -3.95. The molecule has 1 aromatic heterocycles. The van der Waals surface area contributed by atoms with Gasteiger partial charge in [-0.25, -0.2) is 4.79 Å². The maximum atomic E-state index is 12.6. The van der Waals surface area contributed by atoms with Crippen LogP contribution in [0.3, 0.4) is 0 Å². The number of amidine groups is 1. The number of urea groups is 1. The van der Waals surface area contributed by atoms with E-state index in [1.807, 2.05) is 13.8 Å². The summed E-state index contributed by atoms with van der Waals surface area (Å²) in [4.78, 5) is 40.2. The van der Waals surface area contributed by atoms with E-state index in [1.165, 1.54) is 6.20 Å². The Morgan fingerprint density at radius 2 is 1.78 bits per heavy atom. The fourth-order valence-corrected chi connectivity index (χ4v) is 2.98. The molecule has 10 heteroatoms. The summed E-state index contributed by atoms with van der Waals surface area (Å²) in [5.41, 5.74) is 7.06. The molecule has 1 aromatic carbocycles. The number of aromatic nitrogens is 1. The van der Waals surface area contributed by atoms with Crippen molar-refractivity contribution in [1.29, 1.82) is 5.41 Å². The van der Waals surface area contributed by atoms with Gasteiger partial charge in [0.15, 0.2) is 0 Å². The molecular weight excluding hydrogens is 412 g/mol. The van der Waals surface area contributed by atoms with Gasteiger partial charge in [0.2, 0.25) is 5.91 Å². The number of benzene rings is 1. The van der Waals surface area contributed by atoms with E-state index in [0.717, 1.165) is 0 Å². The Bertz CT molecular complexity index is 947. The summed E-state index contributed by atoms with van der Waals surface area (Å²) in [5.74, 6) is -1.56. The SMILES string of the molecule is CC(C)C(CC(=O)N[C@H](CC(=O)O)c1cccnc1)NC(=O)Nc1ccc(C(=N)N)cc1. The predicted octanol–water partition coefficient (Wildman–Crippen LogP) is 2.23. The van der Waals surface area contributed by atoms with Crippen LogP contribution in [0, 0.1) is 11.3 Å². The maximum Gasteiger partial charge on any atom is 0.319 e. The van der Waals surface area contributed by atoms with Crippen LogP contribution in [0.5, 0.6) is 0 Å². The molecular formula is C22H28N6O4. The third-order valence-electron chi connectivity index (χ3n) is 4.78. The maximum absolute atomic E-state index is 12.6. The highest BCUT2D eigenvalue weighted by Crippen LogP contribution is 2.17. The van der Waals surface area contributed by atoms with Crippen molar-refractivity contribution in [1.82, 2.24) is 15.6 Å². The first-order valence-electron chi connectivity index (χ1n) is 10.1. The second-order valence-corrected chi connectivity index (χ2v) is 7.65. The van der Waals surface area contributed by atoms with E-state index in [9.17, 15) is 19.5 Å². The fraction of sp³-hybridized carbons (Fsp3) is 0.318. The third kappa shape index (κ3) is 7.71. The molecule has 0 radical (unpaired) electrons. The molecule has 3 amide bonds. The van der Waals surface area contributed by atoms with Gasteiger partial charge in [-0.15, -0.1) is 0 Å². The third-order valence-corrected chi connectivity index (χ3v) is 4.78. The predicted molar refractivity (Wildman–Crippen MR) is 120 cm³/mol. The summed E-state index contributed by atoms with van der Waals surface area (Å²) in [6.07, 6.45) is 2.77. The van der Waals surface area contributed by atoms with Crippen LogP contribution in [-0.4, -0.2) is 39.9 Å². The van der Waals surface area contributed by atoms with Crippen molar-refractivity contribution in [3.63, 3.8) is 0 Å². The van der Waals surface area contributed by atoms with Crippen molar-refractivity contribution >= 4 is 29.4 Å². The lowest BCUT2D eigenvalue weighted by Crippen LogP contribution is -2.44. The Labute approximate surface area is 186 Å². The van der Waals surface area contributed by atoms with Gasteiger partial charge in [0.05, 0.1) is 12.5 Å². The number of nitrogens with zero attached hydrogens (tertiary/aromatic N) is 1. The average Bonchev–Trinajstić information content (AvgIpc) is 2.73. The number of rotatable bonds is 10. The minimum absolute atomic E-state index is 0.0231. The second kappa shape index (κ2) is 11.4. The number of carbonyl (C=O) groups is 3. The van der Waals surface area contributed by atoms with Crippen LogP contribution in [0.2, 0.25) is 0 Å². The molecule has 170 valence electrons. The zero-order valence-corrected chi connectivity index (χ0v) is 18.0. The lowest BCUT2D eigenvalue weighted by molar-refractivity contribution is -0.137. The van der Waals surface area contributed by atoms with Crippen LogP contribution in [0.4, 0.5) is 10.5 Å². The van der Waals surface area contributed by atoms with Crippen molar-refractivity contribution in [2.75, 3.05) is 5.32 Å². The molecule has 2 aromatic rings. The Morgan fingerprint density at radius 1 is 1.09 bits per heavy atom. The first kappa shape index (κ1) is 24.3. The molecule has 0 aliphatic carbocycles. The normalized spacial score (nSPS) is 12.5. The minimum Gasteiger partial charge on any atom is -0.481 e. The second-order valence-electron chi connectivity index (χ2n) is 7.65. The highest BCUT2D eigenvalue weighted by Gasteiger charge is 2.23. The molecule has 10 nitrogen and oxygen atoms in total. The van der Waals surface area contributed by atoms with Gasteiger partial charge in [0.1, 0.15) is 5.84 Å². The highest BCUT2D eigenvalue weighted by atomic mass is 16.4. The largest absolute Gasteiger partial charge is 0.481 e. The van der Waals surface area contributed by atoms with E-state index in [1.54, 1.807) is 42.6 Å². The first-order chi connectivity index (χ1) is 15.2. The Balaban J connectivity index is 1.98. The Morgan fingerprint density at radius 3 is 2.31 bits per heavy atom. The molecule has 0 spiro atoms. The number of nitrogens with two attached hydrogens (primary N) is 1. The number of anilines is 1. The quantitative estimate of drug-likeness (QED) is 0.244. The van der Waals surface area contributed by atoms with Crippen molar-refractivity contribution in [2.45, 2.75) is 38.8 Å². The van der Waals surface area contributed by atoms with Gasteiger partial charge in [-0.1, -0.05) is 19.9 Å². The monoisotopic (exact) mass is 440 g/mol. The van der Waals surface area contributed by atoms with Gasteiger partial charge in [0.25, 0.3) is 0 Å². The zero-order chi connectivity index (χ0) is 23.7. The molecule has 1 heterocycles. The van der Waals surface area contributed by atoms with Crippen LogP contribution < -0.4 is 21.7 Å². The van der Waals surface area contributed by atoms with Crippen LogP contribution in [0.25, 0.3) is 0 Å². The number of carboxylic acid groups (broad SMARTS) is 1. The van der Waals surface area contributed by atoms with Gasteiger partial charge in [-0.05, 0) is 41.8 Å². The molecule has 0 bridgehead atoms. The van der Waals surface area contributed by atoms with E-state index >= 15 is 0 Å². The number of pyridine rings is 1. The summed E-state index contributed by atoms with van der Waals surface area (Å²) in [5, 5.41) is 24.8. The van der Waals surface area contributed by atoms with E-state index in [4.69, 9.17) is 11.1 Å². The topological polar surface area (TPSA) is 170 Å². The molecule has 0 saturated heterocycles. The van der Waals surface area contributed by atoms with Crippen LogP contribution >= 0.6 is 0 Å². The van der Waals surface area contributed by atoms with Crippen LogP contribution in [0.1, 0.15) is 43.9 Å². The summed E-state index contributed by atoms with van der Waals surface area (Å²) < 4.78 is 0. The number of hydrogen-bond donors (Lipinski definition) is 6. The molecule has 0 saturated carbocycles. The molecule has 0 fully saturated rings. The zero-order valence-electron chi connectivity index (χ0n) is 18.0. The standard InChI is InChI=1S/C22H28N6O4/c1-13(2)17(28-22(32)26-16-7-5-14(6-8-16)21(23)24)10-19(29)27-18(11-20(30)31)15-4-3-9-25-12-15/h3-9,12-13,17-18H,10-11H2,1-2H3,(H3,23,24)(H,27,29)(H,30,31)(H2,26,28,32)/t17?,18-/m1/s1. The highest BCUT2D eigenvalue weighted by molar-refractivity contribution is 5.96. The molecule has 2 rings (SSSR count). The van der Waals surface area contributed by atoms with Crippen molar-refractivity contribution in [3.8, 4) is 0 Å². The Kier molecular flexibility index (Phi) is 8.70. The lowest BCUT2D eigenvalue weighted by atomic mass is 9.99. The number of aliphatic carboxylic acids is 1. The van der Waals surface area contributed by atoms with Crippen molar-refractivity contribution in [2.24, 2.45) is 11.7 Å². The van der Waals surface area contributed by atoms with Gasteiger partial charge < -0.3 is 26.8 Å². The average molecular weight is 441 g/mol. The van der Waals surface area contributed by atoms with Crippen LogP contribution in [-0.2, 0) is 9.59 Å². The van der Waals surface area contributed by atoms with Gasteiger partial charge in [-0.3, -0.25) is 20.0 Å². The molecule has 2 atom stereocenters. The number of nitrogen functional groups attached to an aromatic ring is 1. The summed E-state index contributed by atoms with van der Waals surface area (Å²) in [6, 6.07) is 8.16. The number of hydrogen-bond acceptors (Lipinski definition) is 5. The number of carbonyl (C=O) groups excluding carboxylic acids is 2. The first-order valence-corrected chi connectivity index (χ1v) is 10.1. The van der Waals surface area contributed by atoms with E-state index in [0.29, 0.717) is 16.8 Å². The van der Waals surface area contributed by atoms with E-state index in [-0.39, 0.29) is 30.5 Å². The summed E-state index contributed by atoms with van der Waals surface area (Å²) >= 11 is 0. The van der Waals surface area contributed by atoms with Crippen molar-refractivity contribution in [3.05, 3.63) is 59.9 Å². The summed E-state index contributed by atoms with van der Waals surface area (Å²) in [7, 11) is 0. The van der Waals surface area contributed by atoms with Gasteiger partial charge >= 0.3 is 12.0 Å². The minimum atomic E-state index is -1.05. The van der Waals surface area contributed by atoms with Crippen LogP contribution in [0.15, 0.2) is 48.8 Å². The van der Waals surface area contributed by atoms with Gasteiger partial charge in [0, 0.05) is 36.1 Å². The molecule has 7 N–H and O–H groups in total. The number of amides is 3. The number of carboxylic acids is 1. The molecule has 32 heavy (non-hydrogen) atoms. The number of nitrogens with one attached hydrogen (secondary N) is 4. The van der Waals surface area contributed by atoms with E-state index in [2.05, 4.69) is 20.9 Å². The summed E-state index contributed by atoms with van der Waals surface area (Å²) in [6.45, 7) is 3.74. The molecule has 0 aliphatic rings. The van der Waals surface area contributed by atoms with E-state index < -0.39 is 24.1 Å². The fourth-order valence-electron chi connectivity index (χ4n) is 2.98. The smallest absolute Gasteiger partial charge is 0.319 e. The van der Waals surface area contributed by atoms with Gasteiger partial charge in [-0.2, -0.15) is 0 Å². The molecule has 0 aliphatic heterocycles. The lowest BCUT2D eigenvalue weighted by Gasteiger charge is -2.24.